The Kier molecular flexibility index (Phi) is 5.99. The van der Waals surface area contributed by atoms with Crippen molar-refractivity contribution in [1.82, 2.24) is 20.4 Å². The summed E-state index contributed by atoms with van der Waals surface area (Å²) in [5, 5.41) is 6.90. The molecule has 1 aliphatic rings. The summed E-state index contributed by atoms with van der Waals surface area (Å²) < 4.78 is 5.25. The van der Waals surface area contributed by atoms with Crippen molar-refractivity contribution in [1.29, 1.82) is 0 Å². The van der Waals surface area contributed by atoms with Gasteiger partial charge in [-0.15, -0.1) is 0 Å². The van der Waals surface area contributed by atoms with E-state index in [1.807, 2.05) is 30.3 Å². The van der Waals surface area contributed by atoms with E-state index in [9.17, 15) is 9.59 Å². The topological polar surface area (TPSA) is 88.3 Å². The van der Waals surface area contributed by atoms with Crippen molar-refractivity contribution in [2.75, 3.05) is 19.6 Å². The number of nitrogens with zero attached hydrogens (tertiary/aromatic N) is 3. The minimum absolute atomic E-state index is 0.0139. The van der Waals surface area contributed by atoms with Crippen LogP contribution in [-0.2, 0) is 22.4 Å². The van der Waals surface area contributed by atoms with Crippen molar-refractivity contribution in [3.8, 4) is 0 Å². The zero-order valence-corrected chi connectivity index (χ0v) is 15.0. The van der Waals surface area contributed by atoms with Crippen LogP contribution in [0.4, 0.5) is 0 Å². The van der Waals surface area contributed by atoms with Crippen LogP contribution in [0.15, 0.2) is 34.9 Å². The molecule has 1 aromatic heterocycles. The summed E-state index contributed by atoms with van der Waals surface area (Å²) in [6.07, 6.45) is 2.80. The van der Waals surface area contributed by atoms with Gasteiger partial charge < -0.3 is 14.7 Å². The normalized spacial score (nSPS) is 17.1. The summed E-state index contributed by atoms with van der Waals surface area (Å²) in [5.41, 5.74) is 1.13. The van der Waals surface area contributed by atoms with Crippen LogP contribution in [0.25, 0.3) is 0 Å². The zero-order valence-electron chi connectivity index (χ0n) is 15.0. The third-order valence-electron chi connectivity index (χ3n) is 4.59. The number of carbonyl (C=O) groups excluding carboxylic acids is 2. The van der Waals surface area contributed by atoms with E-state index >= 15 is 0 Å². The van der Waals surface area contributed by atoms with E-state index in [0.717, 1.165) is 24.9 Å². The second-order valence-electron chi connectivity index (χ2n) is 6.61. The van der Waals surface area contributed by atoms with Crippen molar-refractivity contribution in [3.05, 3.63) is 47.6 Å². The number of hydrogen-bond donors (Lipinski definition) is 1. The molecule has 0 radical (unpaired) electrons. The van der Waals surface area contributed by atoms with Crippen molar-refractivity contribution in [3.63, 3.8) is 0 Å². The van der Waals surface area contributed by atoms with Gasteiger partial charge in [-0.1, -0.05) is 35.5 Å². The van der Waals surface area contributed by atoms with E-state index in [2.05, 4.69) is 15.5 Å². The minimum atomic E-state index is -0.135. The quantitative estimate of drug-likeness (QED) is 0.849. The predicted molar refractivity (Wildman–Crippen MR) is 95.2 cm³/mol. The molecule has 138 valence electrons. The molecule has 2 amide bonds. The molecule has 7 nitrogen and oxygen atoms in total. The number of nitrogens with one attached hydrogen (secondary N) is 1. The molecule has 1 aliphatic heterocycles. The molecule has 0 unspecified atom stereocenters. The number of benzene rings is 1. The van der Waals surface area contributed by atoms with Gasteiger partial charge in [0.25, 0.3) is 0 Å². The van der Waals surface area contributed by atoms with Crippen LogP contribution >= 0.6 is 0 Å². The van der Waals surface area contributed by atoms with Crippen molar-refractivity contribution >= 4 is 11.8 Å². The van der Waals surface area contributed by atoms with Gasteiger partial charge in [-0.25, -0.2) is 0 Å². The average Bonchev–Trinajstić information content (AvgIpc) is 3.09. The van der Waals surface area contributed by atoms with Crippen LogP contribution in [0.1, 0.15) is 37.0 Å². The maximum Gasteiger partial charge on any atom is 0.228 e. The van der Waals surface area contributed by atoms with Gasteiger partial charge in [0.15, 0.2) is 5.82 Å². The van der Waals surface area contributed by atoms with Crippen molar-refractivity contribution in [2.45, 2.75) is 32.6 Å². The average molecular weight is 356 g/mol. The Bertz CT molecular complexity index is 744. The van der Waals surface area contributed by atoms with Crippen LogP contribution in [0.5, 0.6) is 0 Å². The molecule has 2 heterocycles. The fourth-order valence-electron chi connectivity index (χ4n) is 3.16. The first-order valence-electron chi connectivity index (χ1n) is 9.00. The maximum absolute atomic E-state index is 12.3. The molecule has 1 aromatic carbocycles. The molecule has 0 aliphatic carbocycles. The molecule has 0 bridgehead atoms. The van der Waals surface area contributed by atoms with E-state index in [1.54, 1.807) is 11.8 Å². The molecule has 0 saturated carbocycles. The van der Waals surface area contributed by atoms with E-state index in [0.29, 0.717) is 37.6 Å². The summed E-state index contributed by atoms with van der Waals surface area (Å²) in [6.45, 7) is 3.24. The largest absolute Gasteiger partial charge is 0.355 e. The Hall–Kier alpha value is -2.70. The van der Waals surface area contributed by atoms with Gasteiger partial charge in [-0.2, -0.15) is 4.98 Å². The van der Waals surface area contributed by atoms with Gasteiger partial charge in [-0.3, -0.25) is 9.59 Å². The Labute approximate surface area is 152 Å². The molecule has 7 heteroatoms. The number of likely N-dealkylation sites (tertiary alicyclic amines) is 1. The third-order valence-corrected chi connectivity index (χ3v) is 4.59. The summed E-state index contributed by atoms with van der Waals surface area (Å²) in [6, 6.07) is 9.96. The van der Waals surface area contributed by atoms with Gasteiger partial charge in [0.1, 0.15) is 0 Å². The van der Waals surface area contributed by atoms with Crippen molar-refractivity contribution in [2.24, 2.45) is 5.92 Å². The fraction of sp³-hybridized carbons (Fsp3) is 0.474. The smallest absolute Gasteiger partial charge is 0.228 e. The molecule has 1 N–H and O–H groups in total. The summed E-state index contributed by atoms with van der Waals surface area (Å²) in [4.78, 5) is 29.9. The Balaban J connectivity index is 1.43. The first-order valence-corrected chi connectivity index (χ1v) is 9.00. The van der Waals surface area contributed by atoms with E-state index < -0.39 is 0 Å². The first-order chi connectivity index (χ1) is 12.6. The molecule has 1 atom stereocenters. The highest BCUT2D eigenvalue weighted by molar-refractivity contribution is 5.80. The van der Waals surface area contributed by atoms with Crippen LogP contribution in [0.2, 0.25) is 0 Å². The number of carbonyl (C=O) groups is 2. The molecule has 0 spiro atoms. The number of amides is 2. The SMILES string of the molecule is CC(=O)N1CCC[C@H](C(=O)NCCc2nc(Cc3ccccc3)no2)C1. The number of aromatic nitrogens is 2. The molecule has 1 fully saturated rings. The van der Waals surface area contributed by atoms with E-state index in [4.69, 9.17) is 4.52 Å². The highest BCUT2D eigenvalue weighted by atomic mass is 16.5. The minimum Gasteiger partial charge on any atom is -0.355 e. The number of rotatable bonds is 6. The third kappa shape index (κ3) is 4.91. The molecule has 3 rings (SSSR count). The van der Waals surface area contributed by atoms with E-state index in [-0.39, 0.29) is 17.7 Å². The molecule has 2 aromatic rings. The highest BCUT2D eigenvalue weighted by Gasteiger charge is 2.26. The summed E-state index contributed by atoms with van der Waals surface area (Å²) in [5.74, 6) is 1.04. The van der Waals surface area contributed by atoms with Gasteiger partial charge in [0.2, 0.25) is 17.7 Å². The molecule has 1 saturated heterocycles. The summed E-state index contributed by atoms with van der Waals surface area (Å²) >= 11 is 0. The zero-order chi connectivity index (χ0) is 18.4. The monoisotopic (exact) mass is 356 g/mol. The Morgan fingerprint density at radius 3 is 2.88 bits per heavy atom. The van der Waals surface area contributed by atoms with Gasteiger partial charge in [0, 0.05) is 39.4 Å². The predicted octanol–water partition coefficient (Wildman–Crippen LogP) is 1.58. The Morgan fingerprint density at radius 1 is 1.31 bits per heavy atom. The first kappa shape index (κ1) is 18.1. The van der Waals surface area contributed by atoms with Crippen LogP contribution in [0.3, 0.4) is 0 Å². The highest BCUT2D eigenvalue weighted by Crippen LogP contribution is 2.16. The standard InChI is InChI=1S/C19H24N4O3/c1-14(24)23-11-5-8-16(13-23)19(25)20-10-9-18-21-17(22-26-18)12-15-6-3-2-4-7-15/h2-4,6-7,16H,5,8-13H2,1H3,(H,20,25)/t16-/m0/s1. The lowest BCUT2D eigenvalue weighted by Gasteiger charge is -2.31. The fourth-order valence-corrected chi connectivity index (χ4v) is 3.16. The summed E-state index contributed by atoms with van der Waals surface area (Å²) in [7, 11) is 0. The lowest BCUT2D eigenvalue weighted by molar-refractivity contribution is -0.133. The van der Waals surface area contributed by atoms with Gasteiger partial charge in [-0.05, 0) is 18.4 Å². The molecular weight excluding hydrogens is 332 g/mol. The van der Waals surface area contributed by atoms with Crippen LogP contribution in [-0.4, -0.2) is 46.5 Å². The van der Waals surface area contributed by atoms with Crippen LogP contribution in [0, 0.1) is 5.92 Å². The van der Waals surface area contributed by atoms with Crippen molar-refractivity contribution < 1.29 is 14.1 Å². The van der Waals surface area contributed by atoms with Gasteiger partial charge >= 0.3 is 0 Å². The lowest BCUT2D eigenvalue weighted by atomic mass is 9.97. The number of piperidine rings is 1. The molecular formula is C19H24N4O3. The lowest BCUT2D eigenvalue weighted by Crippen LogP contribution is -2.45. The Morgan fingerprint density at radius 2 is 2.12 bits per heavy atom. The maximum atomic E-state index is 12.3. The van der Waals surface area contributed by atoms with Crippen LogP contribution < -0.4 is 5.32 Å². The van der Waals surface area contributed by atoms with E-state index in [1.165, 1.54) is 0 Å². The second kappa shape index (κ2) is 8.60. The van der Waals surface area contributed by atoms with Gasteiger partial charge in [0.05, 0.1) is 5.92 Å². The second-order valence-corrected chi connectivity index (χ2v) is 6.61. The molecule has 26 heavy (non-hydrogen) atoms. The number of hydrogen-bond acceptors (Lipinski definition) is 5.